The summed E-state index contributed by atoms with van der Waals surface area (Å²) in [7, 11) is 0. The van der Waals surface area contributed by atoms with Gasteiger partial charge in [0, 0.05) is 8.96 Å². The summed E-state index contributed by atoms with van der Waals surface area (Å²) in [6.07, 6.45) is 1.58. The molecule has 0 aliphatic heterocycles. The molecule has 0 fully saturated rings. The molecule has 3 nitrogen and oxygen atoms in total. The molecule has 0 bridgehead atoms. The van der Waals surface area contributed by atoms with Gasteiger partial charge in [-0.2, -0.15) is 5.10 Å². The van der Waals surface area contributed by atoms with E-state index in [1.165, 1.54) is 0 Å². The Morgan fingerprint density at radius 2 is 2.18 bits per heavy atom. The normalized spacial score (nSPS) is 11.5. The first-order valence-corrected chi connectivity index (χ1v) is 6.80. The van der Waals surface area contributed by atoms with Crippen molar-refractivity contribution in [3.63, 3.8) is 0 Å². The standard InChI is InChI=1S/C10H3BrClFIN3/c11-6-5(14)1-3-8-4(2-15-17-8)10(12)16-9(3)7(6)13/h1-2H,(H,15,17). The number of aromatic amines is 1. The Bertz CT molecular complexity index is 758. The smallest absolute Gasteiger partial charge is 0.164 e. The third-order valence-corrected chi connectivity index (χ3v) is 5.13. The number of H-pyrrole nitrogens is 1. The fourth-order valence-corrected chi connectivity index (χ4v) is 2.77. The van der Waals surface area contributed by atoms with Crippen molar-refractivity contribution in [3.05, 3.63) is 31.3 Å². The summed E-state index contributed by atoms with van der Waals surface area (Å²) >= 11 is 11.2. The molecule has 0 amide bonds. The first kappa shape index (κ1) is 11.6. The molecule has 0 radical (unpaired) electrons. The van der Waals surface area contributed by atoms with Gasteiger partial charge in [-0.3, -0.25) is 5.10 Å². The van der Waals surface area contributed by atoms with Gasteiger partial charge in [0.2, 0.25) is 0 Å². The molecule has 0 saturated carbocycles. The Morgan fingerprint density at radius 3 is 2.94 bits per heavy atom. The lowest BCUT2D eigenvalue weighted by Crippen LogP contribution is -1.91. The number of hydrogen-bond acceptors (Lipinski definition) is 2. The lowest BCUT2D eigenvalue weighted by molar-refractivity contribution is 0.629. The maximum absolute atomic E-state index is 14.1. The minimum Gasteiger partial charge on any atom is -0.277 e. The van der Waals surface area contributed by atoms with Crippen LogP contribution >= 0.6 is 50.1 Å². The van der Waals surface area contributed by atoms with Gasteiger partial charge in [0.05, 0.1) is 21.6 Å². The zero-order valence-corrected chi connectivity index (χ0v) is 12.6. The number of nitrogens with zero attached hydrogens (tertiary/aromatic N) is 2. The zero-order valence-electron chi connectivity index (χ0n) is 8.06. The van der Waals surface area contributed by atoms with E-state index in [4.69, 9.17) is 11.6 Å². The lowest BCUT2D eigenvalue weighted by atomic mass is 10.1. The molecule has 0 unspecified atom stereocenters. The first-order chi connectivity index (χ1) is 8.09. The van der Waals surface area contributed by atoms with Gasteiger partial charge in [-0.05, 0) is 44.6 Å². The van der Waals surface area contributed by atoms with E-state index in [1.54, 1.807) is 6.20 Å². The molecule has 17 heavy (non-hydrogen) atoms. The van der Waals surface area contributed by atoms with Crippen LogP contribution < -0.4 is 0 Å². The van der Waals surface area contributed by atoms with Crippen molar-refractivity contribution in [2.75, 3.05) is 0 Å². The number of aromatic nitrogens is 3. The highest BCUT2D eigenvalue weighted by Gasteiger charge is 2.16. The van der Waals surface area contributed by atoms with Crippen LogP contribution in [-0.4, -0.2) is 15.2 Å². The molecule has 1 N–H and O–H groups in total. The van der Waals surface area contributed by atoms with Crippen molar-refractivity contribution >= 4 is 71.9 Å². The fraction of sp³-hybridized carbons (Fsp3) is 0. The van der Waals surface area contributed by atoms with Crippen molar-refractivity contribution in [3.8, 4) is 0 Å². The summed E-state index contributed by atoms with van der Waals surface area (Å²) in [5, 5.41) is 8.33. The van der Waals surface area contributed by atoms with Crippen LogP contribution in [0, 0.1) is 9.39 Å². The van der Waals surface area contributed by atoms with Crippen LogP contribution in [0.2, 0.25) is 5.15 Å². The number of hydrogen-bond donors (Lipinski definition) is 1. The highest BCUT2D eigenvalue weighted by Crippen LogP contribution is 2.34. The minimum absolute atomic E-state index is 0.235. The number of pyridine rings is 1. The van der Waals surface area contributed by atoms with Crippen LogP contribution in [0.4, 0.5) is 4.39 Å². The Morgan fingerprint density at radius 1 is 1.41 bits per heavy atom. The van der Waals surface area contributed by atoms with Gasteiger partial charge in [-0.1, -0.05) is 11.6 Å². The largest absolute Gasteiger partial charge is 0.277 e. The fourth-order valence-electron chi connectivity index (χ4n) is 1.69. The van der Waals surface area contributed by atoms with E-state index in [1.807, 2.05) is 6.07 Å². The lowest BCUT2D eigenvalue weighted by Gasteiger charge is -2.05. The summed E-state index contributed by atoms with van der Waals surface area (Å²) in [4.78, 5) is 4.07. The average molecular weight is 426 g/mol. The predicted molar refractivity (Wildman–Crippen MR) is 76.8 cm³/mol. The van der Waals surface area contributed by atoms with Crippen LogP contribution in [0.25, 0.3) is 21.8 Å². The van der Waals surface area contributed by atoms with Crippen LogP contribution in [0.5, 0.6) is 0 Å². The summed E-state index contributed by atoms with van der Waals surface area (Å²) in [5.41, 5.74) is 0.934. The molecule has 0 saturated heterocycles. The molecule has 86 valence electrons. The second-order valence-corrected chi connectivity index (χ2v) is 5.76. The van der Waals surface area contributed by atoms with Gasteiger partial charge in [0.25, 0.3) is 0 Å². The molecule has 0 aliphatic carbocycles. The molecule has 1 aromatic carbocycles. The molecule has 7 heteroatoms. The van der Waals surface area contributed by atoms with E-state index in [9.17, 15) is 4.39 Å². The quantitative estimate of drug-likeness (QED) is 0.331. The zero-order chi connectivity index (χ0) is 12.2. The first-order valence-electron chi connectivity index (χ1n) is 4.55. The van der Waals surface area contributed by atoms with Gasteiger partial charge in [-0.25, -0.2) is 9.37 Å². The summed E-state index contributed by atoms with van der Waals surface area (Å²) in [6.45, 7) is 0. The second kappa shape index (κ2) is 4.03. The molecule has 3 aromatic rings. The molecule has 0 atom stereocenters. The Hall–Kier alpha value is -0.470. The Kier molecular flexibility index (Phi) is 2.75. The predicted octanol–water partition coefficient (Wildman–Crippen LogP) is 4.27. The van der Waals surface area contributed by atoms with Gasteiger partial charge < -0.3 is 0 Å². The molecular weight excluding hydrogens is 423 g/mol. The number of benzene rings is 1. The molecule has 2 heterocycles. The van der Waals surface area contributed by atoms with Crippen molar-refractivity contribution in [2.45, 2.75) is 0 Å². The van der Waals surface area contributed by atoms with Crippen LogP contribution in [-0.2, 0) is 0 Å². The van der Waals surface area contributed by atoms with Crippen LogP contribution in [0.1, 0.15) is 0 Å². The molecule has 2 aromatic heterocycles. The monoisotopic (exact) mass is 425 g/mol. The minimum atomic E-state index is -0.412. The van der Waals surface area contributed by atoms with Crippen molar-refractivity contribution < 1.29 is 4.39 Å². The number of rotatable bonds is 0. The molecule has 3 rings (SSSR count). The van der Waals surface area contributed by atoms with Gasteiger partial charge >= 0.3 is 0 Å². The van der Waals surface area contributed by atoms with Crippen molar-refractivity contribution in [2.24, 2.45) is 0 Å². The summed E-state index contributed by atoms with van der Waals surface area (Å²) in [5.74, 6) is -0.412. The Labute approximate surface area is 122 Å². The maximum Gasteiger partial charge on any atom is 0.164 e. The molecular formula is C10H3BrClFIN3. The third-order valence-electron chi connectivity index (χ3n) is 2.48. The molecule has 0 aliphatic rings. The maximum atomic E-state index is 14.1. The van der Waals surface area contributed by atoms with Gasteiger partial charge in [-0.15, -0.1) is 0 Å². The number of fused-ring (bicyclic) bond motifs is 3. The summed E-state index contributed by atoms with van der Waals surface area (Å²) < 4.78 is 15.2. The van der Waals surface area contributed by atoms with Crippen molar-refractivity contribution in [1.29, 1.82) is 0 Å². The molecule has 0 spiro atoms. The van der Waals surface area contributed by atoms with Gasteiger partial charge in [0.15, 0.2) is 5.82 Å². The van der Waals surface area contributed by atoms with E-state index < -0.39 is 5.82 Å². The topological polar surface area (TPSA) is 41.6 Å². The van der Waals surface area contributed by atoms with Gasteiger partial charge in [0.1, 0.15) is 10.7 Å². The van der Waals surface area contributed by atoms with E-state index in [-0.39, 0.29) is 10.7 Å². The number of halogens is 4. The SMILES string of the molecule is Fc1c(Br)c(I)cc2c1nc(Cl)c1cn[nH]c12. The average Bonchev–Trinajstić information content (AvgIpc) is 2.78. The van der Waals surface area contributed by atoms with Crippen LogP contribution in [0.3, 0.4) is 0 Å². The number of nitrogens with one attached hydrogen (secondary N) is 1. The van der Waals surface area contributed by atoms with Crippen molar-refractivity contribution in [1.82, 2.24) is 15.2 Å². The van der Waals surface area contributed by atoms with E-state index >= 15 is 0 Å². The van der Waals surface area contributed by atoms with E-state index in [2.05, 4.69) is 53.7 Å². The highest BCUT2D eigenvalue weighted by molar-refractivity contribution is 14.1. The highest BCUT2D eigenvalue weighted by atomic mass is 127. The van der Waals surface area contributed by atoms with Crippen LogP contribution in [0.15, 0.2) is 16.7 Å². The van der Waals surface area contributed by atoms with E-state index in [0.717, 1.165) is 3.57 Å². The summed E-state index contributed by atoms with van der Waals surface area (Å²) in [6, 6.07) is 1.84. The van der Waals surface area contributed by atoms with E-state index in [0.29, 0.717) is 20.8 Å². The third kappa shape index (κ3) is 1.65. The Balaban J connectivity index is 2.64. The second-order valence-electron chi connectivity index (χ2n) is 3.44.